The fraction of sp³-hybridized carbons (Fsp3) is 0.200. The average Bonchev–Trinajstić information content (AvgIpc) is 2.65. The summed E-state index contributed by atoms with van der Waals surface area (Å²) in [5.74, 6) is 0. The first-order valence-electron chi connectivity index (χ1n) is 10.7. The molecule has 4 aromatic rings. The Hall–Kier alpha value is -3.12. The number of rotatable bonds is 3. The van der Waals surface area contributed by atoms with Crippen LogP contribution in [-0.2, 0) is 0 Å². The van der Waals surface area contributed by atoms with Gasteiger partial charge in [0.15, 0.2) is 0 Å². The van der Waals surface area contributed by atoms with Gasteiger partial charge in [-0.25, -0.2) is 0 Å². The molecule has 0 saturated carbocycles. The van der Waals surface area contributed by atoms with Gasteiger partial charge >= 0.3 is 0 Å². The molecule has 0 saturated heterocycles. The summed E-state index contributed by atoms with van der Waals surface area (Å²) >= 11 is 0. The second kappa shape index (κ2) is 7.95. The van der Waals surface area contributed by atoms with Gasteiger partial charge in [0.2, 0.25) is 0 Å². The van der Waals surface area contributed by atoms with Gasteiger partial charge in [0.05, 0.1) is 0 Å². The smallest absolute Gasteiger partial charge is 0.0175 e. The average molecular weight is 391 g/mol. The Labute approximate surface area is 181 Å². The van der Waals surface area contributed by atoms with E-state index >= 15 is 0 Å². The Morgan fingerprint density at radius 1 is 0.233 bits per heavy atom. The highest BCUT2D eigenvalue weighted by atomic mass is 14.1. The van der Waals surface area contributed by atoms with E-state index in [1.165, 1.54) is 66.8 Å². The quantitative estimate of drug-likeness (QED) is 0.329. The highest BCUT2D eigenvalue weighted by Gasteiger charge is 2.08. The fourth-order valence-corrected chi connectivity index (χ4v) is 4.52. The zero-order chi connectivity index (χ0) is 21.4. The summed E-state index contributed by atoms with van der Waals surface area (Å²) in [6.07, 6.45) is 0. The SMILES string of the molecule is Cc1cc(C)cc(-c2cc(C)cc(-c3cc(C)cc(-c4cc(C)cc(C)c4)c3)c2)c1. The first-order chi connectivity index (χ1) is 14.3. The molecule has 0 spiro atoms. The van der Waals surface area contributed by atoms with Crippen molar-refractivity contribution in [3.8, 4) is 33.4 Å². The van der Waals surface area contributed by atoms with E-state index in [1.807, 2.05) is 0 Å². The molecular formula is C30H30. The first kappa shape index (κ1) is 20.2. The summed E-state index contributed by atoms with van der Waals surface area (Å²) in [5.41, 5.74) is 15.5. The van der Waals surface area contributed by atoms with Crippen LogP contribution < -0.4 is 0 Å². The van der Waals surface area contributed by atoms with Crippen molar-refractivity contribution in [1.29, 1.82) is 0 Å². The van der Waals surface area contributed by atoms with Crippen molar-refractivity contribution >= 4 is 0 Å². The van der Waals surface area contributed by atoms with Gasteiger partial charge in [-0.3, -0.25) is 0 Å². The minimum absolute atomic E-state index is 1.28. The van der Waals surface area contributed by atoms with E-state index in [2.05, 4.69) is 114 Å². The van der Waals surface area contributed by atoms with Crippen LogP contribution in [0, 0.1) is 41.5 Å². The standard InChI is InChI=1S/C30H30/c1-19-7-20(2)10-25(9-19)27-13-23(5)15-29(17-27)30-16-24(6)14-28(18-30)26-11-21(3)8-22(4)12-26/h7-18H,1-6H3. The second-order valence-electron chi connectivity index (χ2n) is 8.93. The lowest BCUT2D eigenvalue weighted by Gasteiger charge is -2.13. The minimum Gasteiger partial charge on any atom is -0.0563 e. The van der Waals surface area contributed by atoms with Crippen molar-refractivity contribution in [2.24, 2.45) is 0 Å². The first-order valence-corrected chi connectivity index (χ1v) is 10.7. The summed E-state index contributed by atoms with van der Waals surface area (Å²) in [6.45, 7) is 13.1. The zero-order valence-electron chi connectivity index (χ0n) is 18.9. The molecule has 150 valence electrons. The molecule has 0 nitrogen and oxygen atoms in total. The van der Waals surface area contributed by atoms with Crippen LogP contribution in [-0.4, -0.2) is 0 Å². The molecule has 0 atom stereocenters. The van der Waals surface area contributed by atoms with E-state index in [-0.39, 0.29) is 0 Å². The molecule has 0 heterocycles. The molecule has 0 aliphatic rings. The van der Waals surface area contributed by atoms with Gasteiger partial charge in [-0.1, -0.05) is 82.9 Å². The maximum atomic E-state index is 2.33. The summed E-state index contributed by atoms with van der Waals surface area (Å²) < 4.78 is 0. The third kappa shape index (κ3) is 4.39. The Balaban J connectivity index is 1.85. The van der Waals surface area contributed by atoms with E-state index < -0.39 is 0 Å². The highest BCUT2D eigenvalue weighted by molar-refractivity contribution is 5.79. The Kier molecular flexibility index (Phi) is 5.35. The van der Waals surface area contributed by atoms with Crippen molar-refractivity contribution in [2.75, 3.05) is 0 Å². The van der Waals surface area contributed by atoms with Crippen LogP contribution in [0.4, 0.5) is 0 Å². The molecule has 0 fully saturated rings. The van der Waals surface area contributed by atoms with Crippen LogP contribution in [0.15, 0.2) is 72.8 Å². The summed E-state index contributed by atoms with van der Waals surface area (Å²) in [6, 6.07) is 27.4. The highest BCUT2D eigenvalue weighted by Crippen LogP contribution is 2.33. The molecule has 4 aromatic carbocycles. The van der Waals surface area contributed by atoms with Crippen LogP contribution in [0.1, 0.15) is 33.4 Å². The number of hydrogen-bond acceptors (Lipinski definition) is 0. The molecule has 0 aromatic heterocycles. The zero-order valence-corrected chi connectivity index (χ0v) is 18.9. The predicted octanol–water partition coefficient (Wildman–Crippen LogP) is 8.54. The Bertz CT molecular complexity index is 1100. The molecule has 0 bridgehead atoms. The molecule has 0 unspecified atom stereocenters. The number of benzene rings is 4. The van der Waals surface area contributed by atoms with Gasteiger partial charge in [0.25, 0.3) is 0 Å². The van der Waals surface area contributed by atoms with Crippen molar-refractivity contribution in [2.45, 2.75) is 41.5 Å². The third-order valence-corrected chi connectivity index (χ3v) is 5.60. The van der Waals surface area contributed by atoms with Gasteiger partial charge in [-0.05, 0) is 98.2 Å². The molecule has 0 amide bonds. The van der Waals surface area contributed by atoms with Crippen molar-refractivity contribution < 1.29 is 0 Å². The van der Waals surface area contributed by atoms with Crippen molar-refractivity contribution in [3.63, 3.8) is 0 Å². The normalized spacial score (nSPS) is 11.0. The molecule has 0 aliphatic heterocycles. The van der Waals surface area contributed by atoms with Gasteiger partial charge in [-0.2, -0.15) is 0 Å². The van der Waals surface area contributed by atoms with E-state index in [0.29, 0.717) is 0 Å². The van der Waals surface area contributed by atoms with Crippen LogP contribution in [0.2, 0.25) is 0 Å². The van der Waals surface area contributed by atoms with Crippen LogP contribution in [0.5, 0.6) is 0 Å². The summed E-state index contributed by atoms with van der Waals surface area (Å²) in [5, 5.41) is 0. The molecule has 0 heteroatoms. The lowest BCUT2D eigenvalue weighted by Crippen LogP contribution is -1.89. The maximum Gasteiger partial charge on any atom is -0.0175 e. The van der Waals surface area contributed by atoms with Gasteiger partial charge in [0, 0.05) is 0 Å². The monoisotopic (exact) mass is 390 g/mol. The summed E-state index contributed by atoms with van der Waals surface area (Å²) in [7, 11) is 0. The molecular weight excluding hydrogens is 360 g/mol. The lowest BCUT2D eigenvalue weighted by molar-refractivity contribution is 1.37. The van der Waals surface area contributed by atoms with Crippen LogP contribution >= 0.6 is 0 Å². The summed E-state index contributed by atoms with van der Waals surface area (Å²) in [4.78, 5) is 0. The van der Waals surface area contributed by atoms with E-state index in [4.69, 9.17) is 0 Å². The van der Waals surface area contributed by atoms with Crippen molar-refractivity contribution in [3.05, 3.63) is 106 Å². The second-order valence-corrected chi connectivity index (χ2v) is 8.93. The van der Waals surface area contributed by atoms with Crippen LogP contribution in [0.25, 0.3) is 33.4 Å². The van der Waals surface area contributed by atoms with Gasteiger partial charge < -0.3 is 0 Å². The topological polar surface area (TPSA) is 0 Å². The molecule has 4 rings (SSSR count). The van der Waals surface area contributed by atoms with E-state index in [1.54, 1.807) is 0 Å². The fourth-order valence-electron chi connectivity index (χ4n) is 4.52. The minimum atomic E-state index is 1.28. The van der Waals surface area contributed by atoms with E-state index in [0.717, 1.165) is 0 Å². The molecule has 0 radical (unpaired) electrons. The largest absolute Gasteiger partial charge is 0.0563 e. The van der Waals surface area contributed by atoms with E-state index in [9.17, 15) is 0 Å². The lowest BCUT2D eigenvalue weighted by atomic mass is 9.92. The van der Waals surface area contributed by atoms with Gasteiger partial charge in [-0.15, -0.1) is 0 Å². The predicted molar refractivity (Wildman–Crippen MR) is 131 cm³/mol. The molecule has 30 heavy (non-hydrogen) atoms. The number of aryl methyl sites for hydroxylation is 6. The molecule has 0 aliphatic carbocycles. The Morgan fingerprint density at radius 2 is 0.400 bits per heavy atom. The third-order valence-electron chi connectivity index (χ3n) is 5.60. The van der Waals surface area contributed by atoms with Crippen LogP contribution in [0.3, 0.4) is 0 Å². The van der Waals surface area contributed by atoms with Crippen molar-refractivity contribution in [1.82, 2.24) is 0 Å². The Morgan fingerprint density at radius 3 is 0.633 bits per heavy atom. The maximum absolute atomic E-state index is 2.33. The number of hydrogen-bond donors (Lipinski definition) is 0. The van der Waals surface area contributed by atoms with Gasteiger partial charge in [0.1, 0.15) is 0 Å². The molecule has 0 N–H and O–H groups in total.